The highest BCUT2D eigenvalue weighted by Gasteiger charge is 2.03. The Morgan fingerprint density at radius 2 is 2.22 bits per heavy atom. The summed E-state index contributed by atoms with van der Waals surface area (Å²) in [6.45, 7) is 0. The minimum absolute atomic E-state index is 0.0208. The lowest BCUT2D eigenvalue weighted by Crippen LogP contribution is -1.97. The number of halogens is 2. The van der Waals surface area contributed by atoms with E-state index in [-0.39, 0.29) is 12.2 Å². The van der Waals surface area contributed by atoms with Crippen molar-refractivity contribution in [1.29, 1.82) is 0 Å². The summed E-state index contributed by atoms with van der Waals surface area (Å²) in [7, 11) is 0. The lowest BCUT2D eigenvalue weighted by atomic mass is 10.5. The molecule has 54 valence electrons. The zero-order chi connectivity index (χ0) is 7.28. The number of rotatable bonds is 4. The second-order valence-electron chi connectivity index (χ2n) is 1.28. The zero-order valence-electron chi connectivity index (χ0n) is 4.51. The van der Waals surface area contributed by atoms with E-state index in [9.17, 15) is 13.6 Å². The molecule has 0 heterocycles. The molecule has 0 aromatic heterocycles. The summed E-state index contributed by atoms with van der Waals surface area (Å²) in [5.41, 5.74) is 0. The van der Waals surface area contributed by atoms with Gasteiger partial charge >= 0.3 is 5.97 Å². The third-order valence-electron chi connectivity index (χ3n) is 0.560. The normalized spacial score (nSPS) is 10.1. The van der Waals surface area contributed by atoms with E-state index in [1.54, 1.807) is 0 Å². The molecule has 0 aliphatic rings. The quantitative estimate of drug-likeness (QED) is 0.668. The van der Waals surface area contributed by atoms with Gasteiger partial charge in [0.1, 0.15) is 0 Å². The van der Waals surface area contributed by atoms with E-state index < -0.39 is 11.7 Å². The topological polar surface area (TPSA) is 37.3 Å². The molecule has 0 atom stereocenters. The van der Waals surface area contributed by atoms with Crippen molar-refractivity contribution in [3.05, 3.63) is 0 Å². The molecule has 5 heteroatoms. The van der Waals surface area contributed by atoms with Crippen LogP contribution in [-0.2, 0) is 4.79 Å². The van der Waals surface area contributed by atoms with Gasteiger partial charge in [-0.25, -0.2) is 0 Å². The number of hydrogen-bond acceptors (Lipinski definition) is 2. The third kappa shape index (κ3) is 7.68. The fraction of sp³-hybridized carbons (Fsp3) is 0.750. The van der Waals surface area contributed by atoms with Gasteiger partial charge in [0, 0.05) is 5.75 Å². The third-order valence-corrected chi connectivity index (χ3v) is 1.25. The van der Waals surface area contributed by atoms with Gasteiger partial charge in [-0.1, -0.05) is 11.8 Å². The molecule has 0 saturated carbocycles. The molecular formula is C4H6F2O2S. The highest BCUT2D eigenvalue weighted by Crippen LogP contribution is 2.13. The Morgan fingerprint density at radius 1 is 1.67 bits per heavy atom. The maximum atomic E-state index is 11.3. The zero-order valence-corrected chi connectivity index (χ0v) is 5.33. The molecule has 0 saturated heterocycles. The molecule has 9 heavy (non-hydrogen) atoms. The molecule has 0 aromatic carbocycles. The Morgan fingerprint density at radius 3 is 2.56 bits per heavy atom. The Hall–Kier alpha value is -0.320. The minimum atomic E-state index is -2.45. The highest BCUT2D eigenvalue weighted by atomic mass is 32.2. The van der Waals surface area contributed by atoms with Gasteiger partial charge in [-0.15, -0.1) is 0 Å². The van der Waals surface area contributed by atoms with E-state index in [1.165, 1.54) is 0 Å². The largest absolute Gasteiger partial charge is 0.481 e. The fourth-order valence-corrected chi connectivity index (χ4v) is 0.706. The number of carbonyl (C=O) groups is 1. The molecule has 0 aliphatic carbocycles. The molecule has 0 unspecified atom stereocenters. The maximum absolute atomic E-state index is 11.3. The summed E-state index contributed by atoms with van der Waals surface area (Å²) in [6, 6.07) is 0. The first-order valence-electron chi connectivity index (χ1n) is 2.24. The average Bonchev–Trinajstić information content (AvgIpc) is 1.63. The van der Waals surface area contributed by atoms with E-state index in [4.69, 9.17) is 5.11 Å². The van der Waals surface area contributed by atoms with E-state index in [0.29, 0.717) is 11.8 Å². The van der Waals surface area contributed by atoms with Crippen LogP contribution in [0.25, 0.3) is 0 Å². The fourth-order valence-electron chi connectivity index (χ4n) is 0.235. The molecule has 1 N–H and O–H groups in total. The molecule has 0 bridgehead atoms. The number of alkyl halides is 2. The van der Waals surface area contributed by atoms with Crippen LogP contribution < -0.4 is 0 Å². The Labute approximate surface area is 55.2 Å². The van der Waals surface area contributed by atoms with Gasteiger partial charge in [0.15, 0.2) is 0 Å². The molecule has 0 amide bonds. The number of hydrogen-bond donors (Lipinski definition) is 1. The number of carboxylic acid groups (broad SMARTS) is 1. The molecule has 0 aliphatic heterocycles. The maximum Gasteiger partial charge on any atom is 0.304 e. The van der Waals surface area contributed by atoms with Crippen LogP contribution in [0.4, 0.5) is 8.78 Å². The molecular weight excluding hydrogens is 150 g/mol. The first-order valence-corrected chi connectivity index (χ1v) is 3.29. The van der Waals surface area contributed by atoms with Gasteiger partial charge in [-0.2, -0.15) is 8.78 Å². The summed E-state index contributed by atoms with van der Waals surface area (Å²) in [5, 5.41) is 7.97. The molecule has 0 aromatic rings. The number of carboxylic acids is 1. The van der Waals surface area contributed by atoms with Crippen molar-refractivity contribution in [2.75, 3.05) is 5.75 Å². The van der Waals surface area contributed by atoms with Crippen LogP contribution in [0.3, 0.4) is 0 Å². The first kappa shape index (κ1) is 8.68. The summed E-state index contributed by atoms with van der Waals surface area (Å²) in [4.78, 5) is 9.72. The van der Waals surface area contributed by atoms with Crippen LogP contribution in [0.15, 0.2) is 0 Å². The number of thioether (sulfide) groups is 1. The number of aliphatic carboxylic acids is 1. The van der Waals surface area contributed by atoms with E-state index in [0.717, 1.165) is 0 Å². The van der Waals surface area contributed by atoms with Gasteiger partial charge in [-0.3, -0.25) is 4.79 Å². The average molecular weight is 156 g/mol. The summed E-state index contributed by atoms with van der Waals surface area (Å²) in [6.07, 6.45) is -0.199. The van der Waals surface area contributed by atoms with Crippen molar-refractivity contribution in [3.8, 4) is 0 Å². The first-order chi connectivity index (χ1) is 4.13. The van der Waals surface area contributed by atoms with Gasteiger partial charge in [0.2, 0.25) is 0 Å². The van der Waals surface area contributed by atoms with Gasteiger partial charge in [0.05, 0.1) is 6.42 Å². The van der Waals surface area contributed by atoms with Gasteiger partial charge in [0.25, 0.3) is 5.76 Å². The second kappa shape index (κ2) is 4.55. The minimum Gasteiger partial charge on any atom is -0.481 e. The van der Waals surface area contributed by atoms with Crippen LogP contribution >= 0.6 is 11.8 Å². The van der Waals surface area contributed by atoms with Crippen LogP contribution in [0, 0.1) is 0 Å². The second-order valence-corrected chi connectivity index (χ2v) is 2.37. The van der Waals surface area contributed by atoms with Gasteiger partial charge in [-0.05, 0) is 0 Å². The predicted octanol–water partition coefficient (Wildman–Crippen LogP) is 1.42. The molecule has 0 radical (unpaired) electrons. The van der Waals surface area contributed by atoms with Crippen molar-refractivity contribution >= 4 is 17.7 Å². The van der Waals surface area contributed by atoms with Crippen molar-refractivity contribution in [2.45, 2.75) is 12.2 Å². The van der Waals surface area contributed by atoms with Gasteiger partial charge < -0.3 is 5.11 Å². The standard InChI is InChI=1S/C4H6F2O2S/c5-4(6)9-2-1-3(7)8/h4H,1-2H2,(H,7,8). The Kier molecular flexibility index (Phi) is 4.39. The summed E-state index contributed by atoms with van der Waals surface area (Å²) in [5.74, 6) is -3.51. The molecule has 0 fully saturated rings. The molecule has 0 rings (SSSR count). The van der Waals surface area contributed by atoms with Crippen LogP contribution in [0.1, 0.15) is 6.42 Å². The Bertz CT molecular complexity index is 96.6. The van der Waals surface area contributed by atoms with Crippen molar-refractivity contribution < 1.29 is 18.7 Å². The van der Waals surface area contributed by atoms with Crippen molar-refractivity contribution in [3.63, 3.8) is 0 Å². The van der Waals surface area contributed by atoms with E-state index in [2.05, 4.69) is 0 Å². The van der Waals surface area contributed by atoms with E-state index in [1.807, 2.05) is 0 Å². The van der Waals surface area contributed by atoms with Crippen LogP contribution in [0.2, 0.25) is 0 Å². The lowest BCUT2D eigenvalue weighted by Gasteiger charge is -1.93. The lowest BCUT2D eigenvalue weighted by molar-refractivity contribution is -0.136. The van der Waals surface area contributed by atoms with E-state index >= 15 is 0 Å². The van der Waals surface area contributed by atoms with Crippen molar-refractivity contribution in [2.24, 2.45) is 0 Å². The smallest absolute Gasteiger partial charge is 0.304 e. The summed E-state index contributed by atoms with van der Waals surface area (Å²) >= 11 is 0.345. The van der Waals surface area contributed by atoms with Crippen LogP contribution in [0.5, 0.6) is 0 Å². The van der Waals surface area contributed by atoms with Crippen molar-refractivity contribution in [1.82, 2.24) is 0 Å². The monoisotopic (exact) mass is 156 g/mol. The van der Waals surface area contributed by atoms with Crippen LogP contribution in [-0.4, -0.2) is 22.6 Å². The SMILES string of the molecule is O=C(O)CCSC(F)F. The molecule has 0 spiro atoms. The highest BCUT2D eigenvalue weighted by molar-refractivity contribution is 7.99. The summed E-state index contributed by atoms with van der Waals surface area (Å²) < 4.78 is 22.5. The predicted molar refractivity (Wildman–Crippen MR) is 30.7 cm³/mol. The Balaban J connectivity index is 3.01. The molecule has 2 nitrogen and oxygen atoms in total.